The van der Waals surface area contributed by atoms with Crippen LogP contribution in [0.3, 0.4) is 0 Å². The van der Waals surface area contributed by atoms with E-state index in [4.69, 9.17) is 23.2 Å². The van der Waals surface area contributed by atoms with Crippen molar-refractivity contribution in [3.05, 3.63) is 63.6 Å². The van der Waals surface area contributed by atoms with Gasteiger partial charge in [-0.05, 0) is 42.3 Å². The molecule has 0 unspecified atom stereocenters. The maximum atomic E-state index is 12.4. The molecule has 0 aliphatic carbocycles. The van der Waals surface area contributed by atoms with Gasteiger partial charge in [-0.25, -0.2) is 13.2 Å². The second-order valence-electron chi connectivity index (χ2n) is 6.56. The van der Waals surface area contributed by atoms with Crippen LogP contribution in [0.15, 0.2) is 42.5 Å². The average molecular weight is 488 g/mol. The Labute approximate surface area is 191 Å². The highest BCUT2D eigenvalue weighted by atomic mass is 35.5. The molecule has 31 heavy (non-hydrogen) atoms. The van der Waals surface area contributed by atoms with Crippen molar-refractivity contribution in [3.63, 3.8) is 0 Å². The quantitative estimate of drug-likeness (QED) is 0.527. The number of nitrogens with zero attached hydrogens (tertiary/aromatic N) is 1. The van der Waals surface area contributed by atoms with E-state index in [-0.39, 0.29) is 17.5 Å². The highest BCUT2D eigenvalue weighted by Crippen LogP contribution is 2.29. The predicted octanol–water partition coefficient (Wildman–Crippen LogP) is 3.44. The van der Waals surface area contributed by atoms with Crippen molar-refractivity contribution in [2.45, 2.75) is 13.0 Å². The Hall–Kier alpha value is -2.49. The third-order valence-electron chi connectivity index (χ3n) is 4.26. The minimum atomic E-state index is -3.62. The summed E-state index contributed by atoms with van der Waals surface area (Å²) in [6, 6.07) is 11.2. The minimum absolute atomic E-state index is 0.00301. The first kappa shape index (κ1) is 24.8. The van der Waals surface area contributed by atoms with Crippen molar-refractivity contribution < 1.29 is 22.7 Å². The summed E-state index contributed by atoms with van der Waals surface area (Å²) in [4.78, 5) is 23.2. The standard InChI is InChI=1S/C20H23Cl2N3O5S/c1-30-20(27)24-12-4-11-23-19(26)14-7-9-16(10-8-14)25(31(2,28)29)13-15-5-3-6-17(21)18(15)22/h3,5-10H,4,11-13H2,1-2H3,(H,23,26)(H,24,27). The number of hydrogen-bond donors (Lipinski definition) is 2. The first-order chi connectivity index (χ1) is 14.6. The molecule has 2 rings (SSSR count). The Kier molecular flexibility index (Phi) is 8.97. The number of ether oxygens (including phenoxy) is 1. The summed E-state index contributed by atoms with van der Waals surface area (Å²) < 4.78 is 30.3. The van der Waals surface area contributed by atoms with Gasteiger partial charge in [-0.15, -0.1) is 0 Å². The van der Waals surface area contributed by atoms with Crippen molar-refractivity contribution in [1.82, 2.24) is 10.6 Å². The molecule has 0 spiro atoms. The molecule has 0 radical (unpaired) electrons. The molecule has 0 aliphatic rings. The fourth-order valence-corrected chi connectivity index (χ4v) is 3.92. The number of halogens is 2. The van der Waals surface area contributed by atoms with E-state index in [1.807, 2.05) is 0 Å². The van der Waals surface area contributed by atoms with Gasteiger partial charge < -0.3 is 15.4 Å². The Morgan fingerprint density at radius 2 is 1.68 bits per heavy atom. The van der Waals surface area contributed by atoms with Crippen LogP contribution in [-0.2, 0) is 21.3 Å². The first-order valence-corrected chi connectivity index (χ1v) is 11.8. The normalized spacial score (nSPS) is 11.0. The molecule has 2 amide bonds. The van der Waals surface area contributed by atoms with Crippen molar-refractivity contribution in [1.29, 1.82) is 0 Å². The van der Waals surface area contributed by atoms with E-state index in [2.05, 4.69) is 15.4 Å². The van der Waals surface area contributed by atoms with Gasteiger partial charge in [0.05, 0.1) is 35.6 Å². The van der Waals surface area contributed by atoms with Crippen LogP contribution in [0.1, 0.15) is 22.3 Å². The monoisotopic (exact) mass is 487 g/mol. The predicted molar refractivity (Wildman–Crippen MR) is 121 cm³/mol. The third kappa shape index (κ3) is 7.30. The van der Waals surface area contributed by atoms with Crippen LogP contribution in [0.5, 0.6) is 0 Å². The Morgan fingerprint density at radius 1 is 1.03 bits per heavy atom. The molecule has 2 N–H and O–H groups in total. The lowest BCUT2D eigenvalue weighted by atomic mass is 10.1. The zero-order chi connectivity index (χ0) is 23.0. The third-order valence-corrected chi connectivity index (χ3v) is 6.26. The number of alkyl carbamates (subject to hydrolysis) is 1. The molecular weight excluding hydrogens is 465 g/mol. The van der Waals surface area contributed by atoms with E-state index < -0.39 is 16.1 Å². The smallest absolute Gasteiger partial charge is 0.406 e. The molecular formula is C20H23Cl2N3O5S. The molecule has 0 bridgehead atoms. The highest BCUT2D eigenvalue weighted by Gasteiger charge is 2.20. The van der Waals surface area contributed by atoms with Crippen molar-refractivity contribution in [3.8, 4) is 0 Å². The molecule has 2 aromatic rings. The maximum Gasteiger partial charge on any atom is 0.406 e. The van der Waals surface area contributed by atoms with E-state index >= 15 is 0 Å². The van der Waals surface area contributed by atoms with E-state index in [0.29, 0.717) is 41.3 Å². The van der Waals surface area contributed by atoms with Gasteiger partial charge in [0.1, 0.15) is 0 Å². The van der Waals surface area contributed by atoms with Crippen LogP contribution in [0.4, 0.5) is 10.5 Å². The van der Waals surface area contributed by atoms with E-state index in [1.54, 1.807) is 30.3 Å². The van der Waals surface area contributed by atoms with E-state index in [0.717, 1.165) is 6.26 Å². The van der Waals surface area contributed by atoms with Gasteiger partial charge in [0.2, 0.25) is 10.0 Å². The number of anilines is 1. The van der Waals surface area contributed by atoms with Crippen LogP contribution in [0.2, 0.25) is 10.0 Å². The summed E-state index contributed by atoms with van der Waals surface area (Å²) >= 11 is 12.2. The van der Waals surface area contributed by atoms with Gasteiger partial charge in [-0.1, -0.05) is 35.3 Å². The molecule has 2 aromatic carbocycles. The molecule has 0 fully saturated rings. The SMILES string of the molecule is COC(=O)NCCCNC(=O)c1ccc(N(Cc2cccc(Cl)c2Cl)S(C)(=O)=O)cc1. The fraction of sp³-hybridized carbons (Fsp3) is 0.300. The topological polar surface area (TPSA) is 105 Å². The summed E-state index contributed by atoms with van der Waals surface area (Å²) in [6.07, 6.45) is 1.09. The van der Waals surface area contributed by atoms with Crippen LogP contribution >= 0.6 is 23.2 Å². The molecule has 0 heterocycles. The summed E-state index contributed by atoms with van der Waals surface area (Å²) in [6.45, 7) is 0.714. The van der Waals surface area contributed by atoms with Gasteiger partial charge in [-0.2, -0.15) is 0 Å². The fourth-order valence-electron chi connectivity index (χ4n) is 2.66. The Balaban J connectivity index is 2.05. The van der Waals surface area contributed by atoms with Gasteiger partial charge >= 0.3 is 6.09 Å². The van der Waals surface area contributed by atoms with Crippen molar-refractivity contribution in [2.24, 2.45) is 0 Å². The molecule has 0 saturated carbocycles. The molecule has 0 saturated heterocycles. The molecule has 8 nitrogen and oxygen atoms in total. The molecule has 11 heteroatoms. The number of amides is 2. The minimum Gasteiger partial charge on any atom is -0.453 e. The number of carbonyl (C=O) groups is 2. The molecule has 0 aliphatic heterocycles. The average Bonchev–Trinajstić information content (AvgIpc) is 2.73. The number of carbonyl (C=O) groups excluding carboxylic acids is 2. The summed E-state index contributed by atoms with van der Waals surface area (Å²) in [5.74, 6) is -0.312. The lowest BCUT2D eigenvalue weighted by Gasteiger charge is -2.23. The van der Waals surface area contributed by atoms with Gasteiger partial charge in [0.25, 0.3) is 5.91 Å². The summed E-state index contributed by atoms with van der Waals surface area (Å²) in [7, 11) is -2.35. The number of rotatable bonds is 9. The number of nitrogens with one attached hydrogen (secondary N) is 2. The highest BCUT2D eigenvalue weighted by molar-refractivity contribution is 7.92. The molecule has 0 aromatic heterocycles. The number of sulfonamides is 1. The molecule has 0 atom stereocenters. The Bertz CT molecular complexity index is 1030. The second-order valence-corrected chi connectivity index (χ2v) is 9.25. The zero-order valence-corrected chi connectivity index (χ0v) is 19.4. The number of methoxy groups -OCH3 is 1. The number of benzene rings is 2. The van der Waals surface area contributed by atoms with Gasteiger partial charge in [0.15, 0.2) is 0 Å². The van der Waals surface area contributed by atoms with Crippen LogP contribution in [0.25, 0.3) is 0 Å². The summed E-state index contributed by atoms with van der Waals surface area (Å²) in [5.41, 5.74) is 1.32. The van der Waals surface area contributed by atoms with Crippen molar-refractivity contribution >= 4 is 50.9 Å². The van der Waals surface area contributed by atoms with Gasteiger partial charge in [0, 0.05) is 18.7 Å². The van der Waals surface area contributed by atoms with E-state index in [1.165, 1.54) is 23.5 Å². The van der Waals surface area contributed by atoms with Crippen LogP contribution in [-0.4, -0.2) is 46.9 Å². The maximum absolute atomic E-state index is 12.4. The van der Waals surface area contributed by atoms with Crippen molar-refractivity contribution in [2.75, 3.05) is 30.8 Å². The Morgan fingerprint density at radius 3 is 2.29 bits per heavy atom. The van der Waals surface area contributed by atoms with E-state index in [9.17, 15) is 18.0 Å². The lowest BCUT2D eigenvalue weighted by molar-refractivity contribution is 0.0953. The van der Waals surface area contributed by atoms with Gasteiger partial charge in [-0.3, -0.25) is 9.10 Å². The largest absolute Gasteiger partial charge is 0.453 e. The summed E-state index contributed by atoms with van der Waals surface area (Å²) in [5, 5.41) is 5.86. The lowest BCUT2D eigenvalue weighted by Crippen LogP contribution is -2.30. The molecule has 168 valence electrons. The number of hydrogen-bond acceptors (Lipinski definition) is 5. The first-order valence-electron chi connectivity index (χ1n) is 9.24. The van der Waals surface area contributed by atoms with Crippen LogP contribution < -0.4 is 14.9 Å². The zero-order valence-electron chi connectivity index (χ0n) is 17.0. The second kappa shape index (κ2) is 11.2. The van der Waals surface area contributed by atoms with Crippen LogP contribution in [0, 0.1) is 0 Å².